The molecule has 3 heterocycles. The molecule has 0 aliphatic heterocycles. The van der Waals surface area contributed by atoms with Crippen LogP contribution in [-0.4, -0.2) is 25.7 Å². The predicted octanol–water partition coefficient (Wildman–Crippen LogP) is 3.56. The first-order chi connectivity index (χ1) is 12.2. The maximum Gasteiger partial charge on any atom is 0.275 e. The Hall–Kier alpha value is -3.28. The molecule has 124 valence electrons. The summed E-state index contributed by atoms with van der Waals surface area (Å²) in [5.74, 6) is 0.219. The Kier molecular flexibility index (Phi) is 3.65. The fraction of sp³-hybridized carbons (Fsp3) is 0.158. The minimum Gasteiger partial charge on any atom is -0.303 e. The van der Waals surface area contributed by atoms with E-state index >= 15 is 0 Å². The largest absolute Gasteiger partial charge is 0.303 e. The van der Waals surface area contributed by atoms with Gasteiger partial charge in [0.2, 0.25) is 0 Å². The average Bonchev–Trinajstić information content (AvgIpc) is 2.97. The van der Waals surface area contributed by atoms with Gasteiger partial charge >= 0.3 is 0 Å². The van der Waals surface area contributed by atoms with Gasteiger partial charge in [0, 0.05) is 18.1 Å². The number of benzene rings is 1. The average molecular weight is 331 g/mol. The van der Waals surface area contributed by atoms with Gasteiger partial charge in [-0.1, -0.05) is 17.7 Å². The van der Waals surface area contributed by atoms with Crippen molar-refractivity contribution in [3.63, 3.8) is 0 Å². The molecule has 1 aromatic carbocycles. The van der Waals surface area contributed by atoms with Crippen LogP contribution >= 0.6 is 0 Å². The van der Waals surface area contributed by atoms with E-state index < -0.39 is 0 Å². The molecule has 1 amide bonds. The molecule has 0 radical (unpaired) electrons. The highest BCUT2D eigenvalue weighted by Crippen LogP contribution is 2.26. The Morgan fingerprint density at radius 3 is 2.84 bits per heavy atom. The van der Waals surface area contributed by atoms with E-state index in [1.54, 1.807) is 29.1 Å². The number of hydrogen-bond donors (Lipinski definition) is 1. The Balaban J connectivity index is 1.84. The molecule has 0 aliphatic carbocycles. The first-order valence-corrected chi connectivity index (χ1v) is 8.16. The van der Waals surface area contributed by atoms with E-state index in [0.29, 0.717) is 18.1 Å². The Morgan fingerprint density at radius 1 is 1.20 bits per heavy atom. The number of hydrogen-bond acceptors (Lipinski definition) is 4. The summed E-state index contributed by atoms with van der Waals surface area (Å²) in [6.45, 7) is 4.71. The molecule has 6 nitrogen and oxygen atoms in total. The molecule has 1 N–H and O–H groups in total. The summed E-state index contributed by atoms with van der Waals surface area (Å²) in [4.78, 5) is 21.2. The van der Waals surface area contributed by atoms with Crippen molar-refractivity contribution in [1.29, 1.82) is 0 Å². The van der Waals surface area contributed by atoms with Crippen LogP contribution in [0.4, 0.5) is 5.82 Å². The number of amides is 1. The van der Waals surface area contributed by atoms with Crippen LogP contribution in [0.3, 0.4) is 0 Å². The van der Waals surface area contributed by atoms with Crippen LogP contribution in [0, 0.1) is 6.92 Å². The van der Waals surface area contributed by atoms with Crippen molar-refractivity contribution in [2.24, 2.45) is 0 Å². The van der Waals surface area contributed by atoms with E-state index in [1.165, 1.54) is 0 Å². The smallest absolute Gasteiger partial charge is 0.275 e. The fourth-order valence-electron chi connectivity index (χ4n) is 2.86. The molecular weight excluding hydrogens is 314 g/mol. The lowest BCUT2D eigenvalue weighted by atomic mass is 10.1. The standard InChI is InChI=1S/C19H17N5O/c1-3-24-18-14(11-13-10-12(2)7-8-15(13)21-18)17(23-24)22-19(25)16-6-4-5-9-20-16/h4-11H,3H2,1-2H3,(H,22,23,25). The number of anilines is 1. The van der Waals surface area contributed by atoms with Crippen molar-refractivity contribution in [3.05, 3.63) is 59.9 Å². The lowest BCUT2D eigenvalue weighted by Gasteiger charge is -2.03. The molecule has 0 atom stereocenters. The van der Waals surface area contributed by atoms with Gasteiger partial charge in [0.15, 0.2) is 11.5 Å². The topological polar surface area (TPSA) is 72.7 Å². The number of nitrogens with one attached hydrogen (secondary N) is 1. The van der Waals surface area contributed by atoms with Crippen LogP contribution in [0.15, 0.2) is 48.7 Å². The molecule has 0 spiro atoms. The molecule has 0 aliphatic rings. The SMILES string of the molecule is CCn1nc(NC(=O)c2ccccn2)c2cc3cc(C)ccc3nc21. The van der Waals surface area contributed by atoms with E-state index in [4.69, 9.17) is 4.98 Å². The van der Waals surface area contributed by atoms with Crippen LogP contribution < -0.4 is 5.32 Å². The monoisotopic (exact) mass is 331 g/mol. The molecule has 0 saturated heterocycles. The highest BCUT2D eigenvalue weighted by atomic mass is 16.2. The number of carbonyl (C=O) groups excluding carboxylic acids is 1. The third-order valence-electron chi connectivity index (χ3n) is 4.10. The molecule has 0 fully saturated rings. The van der Waals surface area contributed by atoms with Crippen LogP contribution in [0.2, 0.25) is 0 Å². The maximum atomic E-state index is 12.4. The van der Waals surface area contributed by atoms with Crippen LogP contribution in [0.1, 0.15) is 23.0 Å². The van der Waals surface area contributed by atoms with Gasteiger partial charge in [0.1, 0.15) is 5.69 Å². The van der Waals surface area contributed by atoms with E-state index in [2.05, 4.69) is 21.5 Å². The van der Waals surface area contributed by atoms with Crippen LogP contribution in [-0.2, 0) is 6.54 Å². The molecule has 4 aromatic rings. The van der Waals surface area contributed by atoms with Crippen molar-refractivity contribution >= 4 is 33.7 Å². The lowest BCUT2D eigenvalue weighted by Crippen LogP contribution is -2.14. The Morgan fingerprint density at radius 2 is 2.08 bits per heavy atom. The summed E-state index contributed by atoms with van der Waals surface area (Å²) < 4.78 is 1.79. The molecule has 4 rings (SSSR count). The summed E-state index contributed by atoms with van der Waals surface area (Å²) in [5, 5.41) is 9.22. The number of rotatable bonds is 3. The fourth-order valence-corrected chi connectivity index (χ4v) is 2.86. The van der Waals surface area contributed by atoms with Crippen molar-refractivity contribution in [2.75, 3.05) is 5.32 Å². The summed E-state index contributed by atoms with van der Waals surface area (Å²) >= 11 is 0. The zero-order chi connectivity index (χ0) is 17.4. The van der Waals surface area contributed by atoms with Gasteiger partial charge in [-0.25, -0.2) is 9.67 Å². The minimum absolute atomic E-state index is 0.285. The van der Waals surface area contributed by atoms with Gasteiger partial charge in [0.25, 0.3) is 5.91 Å². The first-order valence-electron chi connectivity index (χ1n) is 8.16. The first kappa shape index (κ1) is 15.3. The summed E-state index contributed by atoms with van der Waals surface area (Å²) in [6.07, 6.45) is 1.59. The molecule has 3 aromatic heterocycles. The zero-order valence-electron chi connectivity index (χ0n) is 14.0. The predicted molar refractivity (Wildman–Crippen MR) is 97.6 cm³/mol. The molecular formula is C19H17N5O. The second-order valence-corrected chi connectivity index (χ2v) is 5.89. The summed E-state index contributed by atoms with van der Waals surface area (Å²) in [7, 11) is 0. The van der Waals surface area contributed by atoms with E-state index in [0.717, 1.165) is 27.5 Å². The zero-order valence-corrected chi connectivity index (χ0v) is 14.0. The normalized spacial score (nSPS) is 11.1. The maximum absolute atomic E-state index is 12.4. The number of carbonyl (C=O) groups is 1. The molecule has 0 unspecified atom stereocenters. The second-order valence-electron chi connectivity index (χ2n) is 5.89. The quantitative estimate of drug-likeness (QED) is 0.623. The highest BCUT2D eigenvalue weighted by molar-refractivity contribution is 6.08. The number of aryl methyl sites for hydroxylation is 2. The number of fused-ring (bicyclic) bond motifs is 2. The molecule has 0 bridgehead atoms. The number of aromatic nitrogens is 4. The minimum atomic E-state index is -0.285. The summed E-state index contributed by atoms with van der Waals surface area (Å²) in [6, 6.07) is 13.4. The molecule has 25 heavy (non-hydrogen) atoms. The van der Waals surface area contributed by atoms with Crippen molar-refractivity contribution < 1.29 is 4.79 Å². The third kappa shape index (κ3) is 2.71. The third-order valence-corrected chi connectivity index (χ3v) is 4.10. The van der Waals surface area contributed by atoms with Gasteiger partial charge in [-0.3, -0.25) is 9.78 Å². The van der Waals surface area contributed by atoms with Crippen molar-refractivity contribution in [1.82, 2.24) is 19.7 Å². The van der Waals surface area contributed by atoms with Crippen LogP contribution in [0.5, 0.6) is 0 Å². The van der Waals surface area contributed by atoms with Gasteiger partial charge in [-0.05, 0) is 44.2 Å². The van der Waals surface area contributed by atoms with E-state index in [-0.39, 0.29) is 5.91 Å². The second kappa shape index (κ2) is 5.98. The number of pyridine rings is 2. The molecule has 0 saturated carbocycles. The number of nitrogens with zero attached hydrogens (tertiary/aromatic N) is 4. The Labute approximate surface area is 144 Å². The lowest BCUT2D eigenvalue weighted by molar-refractivity contribution is 0.102. The summed E-state index contributed by atoms with van der Waals surface area (Å²) in [5.41, 5.74) is 3.19. The van der Waals surface area contributed by atoms with E-state index in [1.807, 2.05) is 32.0 Å². The van der Waals surface area contributed by atoms with Gasteiger partial charge in [0.05, 0.1) is 10.9 Å². The Bertz CT molecular complexity index is 1090. The van der Waals surface area contributed by atoms with Gasteiger partial charge < -0.3 is 5.32 Å². The van der Waals surface area contributed by atoms with Gasteiger partial charge in [-0.15, -0.1) is 0 Å². The van der Waals surface area contributed by atoms with Crippen LogP contribution in [0.25, 0.3) is 21.9 Å². The highest BCUT2D eigenvalue weighted by Gasteiger charge is 2.16. The van der Waals surface area contributed by atoms with Crippen molar-refractivity contribution in [3.8, 4) is 0 Å². The molecule has 6 heteroatoms. The van der Waals surface area contributed by atoms with Crippen molar-refractivity contribution in [2.45, 2.75) is 20.4 Å². The van der Waals surface area contributed by atoms with E-state index in [9.17, 15) is 4.79 Å². The van der Waals surface area contributed by atoms with Gasteiger partial charge in [-0.2, -0.15) is 5.10 Å².